The SMILES string of the molecule is Cc1cccc(C(=O)N(c2cccc(C(F)(F)F)c2)c2ccccc2C(=O)O)c1O. The van der Waals surface area contributed by atoms with E-state index in [0.29, 0.717) is 5.56 Å². The van der Waals surface area contributed by atoms with Gasteiger partial charge in [0.15, 0.2) is 0 Å². The molecule has 2 N–H and O–H groups in total. The van der Waals surface area contributed by atoms with Gasteiger partial charge >= 0.3 is 12.1 Å². The molecule has 0 radical (unpaired) electrons. The first-order chi connectivity index (χ1) is 14.1. The van der Waals surface area contributed by atoms with Crippen LogP contribution in [-0.2, 0) is 6.18 Å². The van der Waals surface area contributed by atoms with Gasteiger partial charge in [0.1, 0.15) is 5.75 Å². The predicted molar refractivity (Wildman–Crippen MR) is 104 cm³/mol. The Labute approximate surface area is 169 Å². The van der Waals surface area contributed by atoms with E-state index >= 15 is 0 Å². The average molecular weight is 415 g/mol. The molecule has 0 aliphatic heterocycles. The second kappa shape index (κ2) is 7.90. The number of aromatic carboxylic acids is 1. The Bertz CT molecular complexity index is 1130. The summed E-state index contributed by atoms with van der Waals surface area (Å²) in [6.45, 7) is 1.56. The van der Waals surface area contributed by atoms with E-state index in [1.54, 1.807) is 13.0 Å². The molecule has 0 fully saturated rings. The third kappa shape index (κ3) is 3.98. The molecular formula is C22H16F3NO4. The molecule has 0 unspecified atom stereocenters. The molecule has 5 nitrogen and oxygen atoms in total. The van der Waals surface area contributed by atoms with Gasteiger partial charge in [0.25, 0.3) is 5.91 Å². The lowest BCUT2D eigenvalue weighted by atomic mass is 10.0. The van der Waals surface area contributed by atoms with Crippen LogP contribution in [0.5, 0.6) is 5.75 Å². The number of amides is 1. The van der Waals surface area contributed by atoms with Crippen molar-refractivity contribution in [2.24, 2.45) is 0 Å². The van der Waals surface area contributed by atoms with Gasteiger partial charge in [0.05, 0.1) is 22.4 Å². The lowest BCUT2D eigenvalue weighted by Crippen LogP contribution is -2.28. The third-order valence-electron chi connectivity index (χ3n) is 4.48. The number of carbonyl (C=O) groups is 2. The van der Waals surface area contributed by atoms with E-state index in [4.69, 9.17) is 0 Å². The largest absolute Gasteiger partial charge is 0.507 e. The molecule has 0 atom stereocenters. The van der Waals surface area contributed by atoms with Crippen LogP contribution < -0.4 is 4.90 Å². The zero-order valence-electron chi connectivity index (χ0n) is 15.6. The molecule has 0 bridgehead atoms. The van der Waals surface area contributed by atoms with Crippen molar-refractivity contribution in [2.45, 2.75) is 13.1 Å². The number of alkyl halides is 3. The molecule has 30 heavy (non-hydrogen) atoms. The molecule has 3 rings (SSSR count). The fraction of sp³-hybridized carbons (Fsp3) is 0.0909. The fourth-order valence-electron chi connectivity index (χ4n) is 2.99. The van der Waals surface area contributed by atoms with Gasteiger partial charge in [-0.1, -0.05) is 30.3 Å². The van der Waals surface area contributed by atoms with Gasteiger partial charge in [-0.2, -0.15) is 13.2 Å². The minimum atomic E-state index is -4.66. The normalized spacial score (nSPS) is 11.2. The lowest BCUT2D eigenvalue weighted by molar-refractivity contribution is -0.137. The highest BCUT2D eigenvalue weighted by molar-refractivity contribution is 6.15. The number of carboxylic acids is 1. The van der Waals surface area contributed by atoms with Crippen LogP contribution in [0.4, 0.5) is 24.5 Å². The van der Waals surface area contributed by atoms with E-state index in [2.05, 4.69) is 0 Å². The van der Waals surface area contributed by atoms with Gasteiger partial charge in [-0.3, -0.25) is 9.69 Å². The maximum atomic E-state index is 13.3. The maximum Gasteiger partial charge on any atom is 0.416 e. The average Bonchev–Trinajstić information content (AvgIpc) is 2.70. The summed E-state index contributed by atoms with van der Waals surface area (Å²) in [4.78, 5) is 25.9. The van der Waals surface area contributed by atoms with Crippen LogP contribution in [0.25, 0.3) is 0 Å². The maximum absolute atomic E-state index is 13.3. The van der Waals surface area contributed by atoms with Crippen LogP contribution in [0.2, 0.25) is 0 Å². The Balaban J connectivity index is 2.27. The van der Waals surface area contributed by atoms with Crippen molar-refractivity contribution in [3.8, 4) is 5.75 Å². The first-order valence-corrected chi connectivity index (χ1v) is 8.74. The van der Waals surface area contributed by atoms with Gasteiger partial charge in [-0.15, -0.1) is 0 Å². The number of phenolic OH excluding ortho intramolecular Hbond substituents is 1. The molecule has 0 aliphatic rings. The second-order valence-electron chi connectivity index (χ2n) is 6.48. The summed E-state index contributed by atoms with van der Waals surface area (Å²) >= 11 is 0. The summed E-state index contributed by atoms with van der Waals surface area (Å²) in [5.74, 6) is -2.57. The number of rotatable bonds is 4. The van der Waals surface area contributed by atoms with E-state index in [-0.39, 0.29) is 28.3 Å². The number of phenols is 1. The fourth-order valence-corrected chi connectivity index (χ4v) is 2.99. The van der Waals surface area contributed by atoms with Crippen molar-refractivity contribution >= 4 is 23.3 Å². The minimum Gasteiger partial charge on any atom is -0.507 e. The molecule has 3 aromatic rings. The molecule has 0 saturated carbocycles. The van der Waals surface area contributed by atoms with Crippen molar-refractivity contribution in [2.75, 3.05) is 4.90 Å². The molecule has 0 heterocycles. The Kier molecular flexibility index (Phi) is 5.51. The Morgan fingerprint density at radius 1 is 0.900 bits per heavy atom. The Morgan fingerprint density at radius 2 is 1.53 bits per heavy atom. The molecular weight excluding hydrogens is 399 g/mol. The second-order valence-corrected chi connectivity index (χ2v) is 6.48. The number of hydrogen-bond donors (Lipinski definition) is 2. The van der Waals surface area contributed by atoms with Gasteiger partial charge in [-0.05, 0) is 48.9 Å². The summed E-state index contributed by atoms with van der Waals surface area (Å²) in [7, 11) is 0. The monoisotopic (exact) mass is 415 g/mol. The molecule has 0 aromatic heterocycles. The van der Waals surface area contributed by atoms with E-state index in [9.17, 15) is 33.0 Å². The molecule has 154 valence electrons. The predicted octanol–water partition coefficient (Wildman–Crippen LogP) is 5.40. The van der Waals surface area contributed by atoms with Crippen molar-refractivity contribution in [3.05, 3.63) is 89.0 Å². The topological polar surface area (TPSA) is 77.8 Å². The number of hydrogen-bond acceptors (Lipinski definition) is 3. The summed E-state index contributed by atoms with van der Waals surface area (Å²) in [5.41, 5.74) is -1.39. The zero-order chi connectivity index (χ0) is 22.1. The zero-order valence-corrected chi connectivity index (χ0v) is 15.6. The van der Waals surface area contributed by atoms with Gasteiger partial charge in [-0.25, -0.2) is 4.79 Å². The van der Waals surface area contributed by atoms with Crippen molar-refractivity contribution in [1.29, 1.82) is 0 Å². The number of carboxylic acid groups (broad SMARTS) is 1. The van der Waals surface area contributed by atoms with E-state index < -0.39 is 23.6 Å². The summed E-state index contributed by atoms with van der Waals surface area (Å²) < 4.78 is 39.7. The van der Waals surface area contributed by atoms with E-state index in [1.807, 2.05) is 0 Å². The van der Waals surface area contributed by atoms with Crippen LogP contribution in [0, 0.1) is 6.92 Å². The highest BCUT2D eigenvalue weighted by Gasteiger charge is 2.33. The summed E-state index contributed by atoms with van der Waals surface area (Å²) in [6, 6.07) is 13.8. The summed E-state index contributed by atoms with van der Waals surface area (Å²) in [6.07, 6.45) is -4.66. The molecule has 3 aromatic carbocycles. The quantitative estimate of drug-likeness (QED) is 0.598. The molecule has 0 spiro atoms. The highest BCUT2D eigenvalue weighted by Crippen LogP contribution is 2.37. The summed E-state index contributed by atoms with van der Waals surface area (Å²) in [5, 5.41) is 19.9. The first kappa shape index (κ1) is 20.9. The number of benzene rings is 3. The van der Waals surface area contributed by atoms with Crippen molar-refractivity contribution in [3.63, 3.8) is 0 Å². The van der Waals surface area contributed by atoms with Crippen LogP contribution in [0.1, 0.15) is 31.8 Å². The molecule has 1 amide bonds. The number of aryl methyl sites for hydroxylation is 1. The smallest absolute Gasteiger partial charge is 0.416 e. The Hall–Kier alpha value is -3.81. The standard InChI is InChI=1S/C22H16F3NO4/c1-13-6-4-10-17(19(13)27)20(28)26(18-11-3-2-9-16(18)21(29)30)15-8-5-7-14(12-15)22(23,24)25/h2-12,27H,1H3,(H,29,30). The number of para-hydroxylation sites is 2. The van der Waals surface area contributed by atoms with E-state index in [1.165, 1.54) is 42.5 Å². The van der Waals surface area contributed by atoms with Gasteiger partial charge in [0, 0.05) is 5.69 Å². The molecule has 0 aliphatic carbocycles. The number of anilines is 2. The number of aromatic hydroxyl groups is 1. The number of halogens is 3. The van der Waals surface area contributed by atoms with Crippen molar-refractivity contribution < 1.29 is 33.0 Å². The van der Waals surface area contributed by atoms with Crippen LogP contribution >= 0.6 is 0 Å². The van der Waals surface area contributed by atoms with Crippen LogP contribution in [0.3, 0.4) is 0 Å². The molecule has 8 heteroatoms. The van der Waals surface area contributed by atoms with Crippen LogP contribution in [-0.4, -0.2) is 22.1 Å². The van der Waals surface area contributed by atoms with Crippen LogP contribution in [0.15, 0.2) is 66.7 Å². The van der Waals surface area contributed by atoms with Crippen molar-refractivity contribution in [1.82, 2.24) is 0 Å². The van der Waals surface area contributed by atoms with Gasteiger partial charge in [0.2, 0.25) is 0 Å². The van der Waals surface area contributed by atoms with Gasteiger partial charge < -0.3 is 10.2 Å². The highest BCUT2D eigenvalue weighted by atomic mass is 19.4. The lowest BCUT2D eigenvalue weighted by Gasteiger charge is -2.26. The molecule has 0 saturated heterocycles. The van der Waals surface area contributed by atoms with E-state index in [0.717, 1.165) is 23.1 Å². The minimum absolute atomic E-state index is 0.129. The Morgan fingerprint density at radius 3 is 2.20 bits per heavy atom. The number of carbonyl (C=O) groups excluding carboxylic acids is 1. The third-order valence-corrected chi connectivity index (χ3v) is 4.48. The first-order valence-electron chi connectivity index (χ1n) is 8.74. The number of nitrogens with zero attached hydrogens (tertiary/aromatic N) is 1.